The topological polar surface area (TPSA) is 48.9 Å². The van der Waals surface area contributed by atoms with E-state index in [4.69, 9.17) is 4.74 Å². The van der Waals surface area contributed by atoms with Gasteiger partial charge in [-0.25, -0.2) is 0 Å². The summed E-state index contributed by atoms with van der Waals surface area (Å²) < 4.78 is 5.40. The molecule has 1 aliphatic heterocycles. The van der Waals surface area contributed by atoms with Gasteiger partial charge in [0.15, 0.2) is 5.96 Å². The lowest BCUT2D eigenvalue weighted by atomic mass is 10.1. The van der Waals surface area contributed by atoms with Gasteiger partial charge in [0.25, 0.3) is 0 Å². The maximum absolute atomic E-state index is 5.40. The standard InChI is InChI=1S/C16H34N4O.HI/c1-5-20(6-2)10-7-8-14(3)19-16(17-4)18-12-15-9-11-21-13-15;/h14-15H,5-13H2,1-4H3,(H2,17,18,19);1H. The Morgan fingerprint density at radius 3 is 2.64 bits per heavy atom. The van der Waals surface area contributed by atoms with E-state index in [1.54, 1.807) is 0 Å². The molecular weight excluding hydrogens is 391 g/mol. The van der Waals surface area contributed by atoms with Crippen molar-refractivity contribution in [2.45, 2.75) is 46.1 Å². The van der Waals surface area contributed by atoms with Gasteiger partial charge in [-0.2, -0.15) is 0 Å². The first-order valence-corrected chi connectivity index (χ1v) is 8.46. The molecule has 22 heavy (non-hydrogen) atoms. The van der Waals surface area contributed by atoms with Crippen molar-refractivity contribution in [2.24, 2.45) is 10.9 Å². The number of guanidine groups is 1. The van der Waals surface area contributed by atoms with Crippen LogP contribution in [-0.4, -0.2) is 63.3 Å². The fourth-order valence-corrected chi connectivity index (χ4v) is 2.65. The first kappa shape index (κ1) is 21.9. The average molecular weight is 426 g/mol. The molecule has 0 aromatic carbocycles. The number of aliphatic imine (C=N–C) groups is 1. The predicted molar refractivity (Wildman–Crippen MR) is 105 cm³/mol. The van der Waals surface area contributed by atoms with Crippen LogP contribution in [0.4, 0.5) is 0 Å². The van der Waals surface area contributed by atoms with E-state index >= 15 is 0 Å². The van der Waals surface area contributed by atoms with Crippen LogP contribution in [0.5, 0.6) is 0 Å². The molecule has 1 saturated heterocycles. The maximum Gasteiger partial charge on any atom is 0.191 e. The first-order chi connectivity index (χ1) is 10.2. The summed E-state index contributed by atoms with van der Waals surface area (Å²) in [4.78, 5) is 6.78. The number of hydrogen-bond donors (Lipinski definition) is 2. The van der Waals surface area contributed by atoms with Crippen LogP contribution >= 0.6 is 24.0 Å². The van der Waals surface area contributed by atoms with Crippen LogP contribution in [-0.2, 0) is 4.74 Å². The smallest absolute Gasteiger partial charge is 0.191 e. The van der Waals surface area contributed by atoms with Gasteiger partial charge < -0.3 is 20.3 Å². The molecule has 2 unspecified atom stereocenters. The monoisotopic (exact) mass is 426 g/mol. The summed E-state index contributed by atoms with van der Waals surface area (Å²) in [5, 5.41) is 6.89. The highest BCUT2D eigenvalue weighted by molar-refractivity contribution is 14.0. The number of hydrogen-bond acceptors (Lipinski definition) is 3. The second-order valence-corrected chi connectivity index (χ2v) is 5.90. The Morgan fingerprint density at radius 2 is 2.09 bits per heavy atom. The summed E-state index contributed by atoms with van der Waals surface area (Å²) in [5.41, 5.74) is 0. The number of nitrogens with one attached hydrogen (secondary N) is 2. The van der Waals surface area contributed by atoms with E-state index in [1.807, 2.05) is 7.05 Å². The molecule has 2 N–H and O–H groups in total. The quantitative estimate of drug-likeness (QED) is 0.338. The zero-order chi connectivity index (χ0) is 15.5. The van der Waals surface area contributed by atoms with Crippen LogP contribution in [0.1, 0.15) is 40.0 Å². The van der Waals surface area contributed by atoms with Gasteiger partial charge in [-0.3, -0.25) is 4.99 Å². The van der Waals surface area contributed by atoms with Gasteiger partial charge in [0, 0.05) is 32.2 Å². The van der Waals surface area contributed by atoms with Gasteiger partial charge in [-0.05, 0) is 45.8 Å². The van der Waals surface area contributed by atoms with Gasteiger partial charge in [0.2, 0.25) is 0 Å². The van der Waals surface area contributed by atoms with Crippen LogP contribution in [0.2, 0.25) is 0 Å². The van der Waals surface area contributed by atoms with E-state index in [2.05, 4.69) is 41.3 Å². The summed E-state index contributed by atoms with van der Waals surface area (Å²) in [7, 11) is 1.84. The lowest BCUT2D eigenvalue weighted by Crippen LogP contribution is -2.44. The summed E-state index contributed by atoms with van der Waals surface area (Å²) in [6, 6.07) is 0.451. The van der Waals surface area contributed by atoms with Crippen molar-refractivity contribution < 1.29 is 4.74 Å². The Labute approximate surface area is 153 Å². The normalized spacial score (nSPS) is 19.9. The van der Waals surface area contributed by atoms with Gasteiger partial charge in [-0.15, -0.1) is 24.0 Å². The molecule has 132 valence electrons. The molecule has 1 fully saturated rings. The van der Waals surface area contributed by atoms with Crippen LogP contribution in [0.25, 0.3) is 0 Å². The van der Waals surface area contributed by atoms with Crippen LogP contribution in [0.15, 0.2) is 4.99 Å². The van der Waals surface area contributed by atoms with E-state index in [-0.39, 0.29) is 24.0 Å². The second-order valence-electron chi connectivity index (χ2n) is 5.90. The molecule has 0 saturated carbocycles. The summed E-state index contributed by atoms with van der Waals surface area (Å²) in [6.07, 6.45) is 3.55. The Bertz CT molecular complexity index is 292. The zero-order valence-corrected chi connectivity index (χ0v) is 17.1. The molecular formula is C16H35IN4O. The van der Waals surface area contributed by atoms with E-state index in [9.17, 15) is 0 Å². The molecule has 0 amide bonds. The Morgan fingerprint density at radius 1 is 1.36 bits per heavy atom. The van der Waals surface area contributed by atoms with E-state index in [0.717, 1.165) is 45.2 Å². The lowest BCUT2D eigenvalue weighted by Gasteiger charge is -2.21. The van der Waals surface area contributed by atoms with Crippen LogP contribution in [0.3, 0.4) is 0 Å². The minimum absolute atomic E-state index is 0. The first-order valence-electron chi connectivity index (χ1n) is 8.46. The fraction of sp³-hybridized carbons (Fsp3) is 0.938. The molecule has 0 spiro atoms. The van der Waals surface area contributed by atoms with Crippen molar-refractivity contribution in [3.8, 4) is 0 Å². The highest BCUT2D eigenvalue weighted by Crippen LogP contribution is 2.10. The van der Waals surface area contributed by atoms with Crippen molar-refractivity contribution in [3.63, 3.8) is 0 Å². The molecule has 0 aromatic heterocycles. The molecule has 1 rings (SSSR count). The van der Waals surface area contributed by atoms with Crippen LogP contribution < -0.4 is 10.6 Å². The highest BCUT2D eigenvalue weighted by Gasteiger charge is 2.16. The molecule has 0 bridgehead atoms. The summed E-state index contributed by atoms with van der Waals surface area (Å²) in [5.74, 6) is 1.54. The number of nitrogens with zero attached hydrogens (tertiary/aromatic N) is 2. The van der Waals surface area contributed by atoms with Gasteiger partial charge in [0.05, 0.1) is 6.61 Å². The van der Waals surface area contributed by atoms with Crippen molar-refractivity contribution in [3.05, 3.63) is 0 Å². The number of rotatable bonds is 9. The third-order valence-corrected chi connectivity index (χ3v) is 4.19. The Kier molecular flexibility index (Phi) is 13.3. The Hall–Kier alpha value is -0.0800. The maximum atomic E-state index is 5.40. The molecule has 1 heterocycles. The van der Waals surface area contributed by atoms with Gasteiger partial charge >= 0.3 is 0 Å². The predicted octanol–water partition coefficient (Wildman–Crippen LogP) is 2.32. The number of ether oxygens (including phenoxy) is 1. The zero-order valence-electron chi connectivity index (χ0n) is 14.7. The molecule has 0 aromatic rings. The molecule has 2 atom stereocenters. The molecule has 0 radical (unpaired) electrons. The molecule has 1 aliphatic rings. The summed E-state index contributed by atoms with van der Waals surface area (Å²) >= 11 is 0. The van der Waals surface area contributed by atoms with E-state index in [1.165, 1.54) is 19.4 Å². The average Bonchev–Trinajstić information content (AvgIpc) is 3.01. The second kappa shape index (κ2) is 13.4. The summed E-state index contributed by atoms with van der Waals surface area (Å²) in [6.45, 7) is 12.9. The van der Waals surface area contributed by atoms with Crippen molar-refractivity contribution in [1.82, 2.24) is 15.5 Å². The fourth-order valence-electron chi connectivity index (χ4n) is 2.65. The highest BCUT2D eigenvalue weighted by atomic mass is 127. The molecule has 6 heteroatoms. The molecule has 5 nitrogen and oxygen atoms in total. The van der Waals surface area contributed by atoms with E-state index < -0.39 is 0 Å². The van der Waals surface area contributed by atoms with Crippen molar-refractivity contribution in [2.75, 3.05) is 46.4 Å². The minimum atomic E-state index is 0. The molecule has 0 aliphatic carbocycles. The lowest BCUT2D eigenvalue weighted by molar-refractivity contribution is 0.186. The third kappa shape index (κ3) is 9.15. The van der Waals surface area contributed by atoms with E-state index in [0.29, 0.717) is 12.0 Å². The third-order valence-electron chi connectivity index (χ3n) is 4.19. The Balaban J connectivity index is 0.00000441. The van der Waals surface area contributed by atoms with Crippen molar-refractivity contribution in [1.29, 1.82) is 0 Å². The van der Waals surface area contributed by atoms with Gasteiger partial charge in [0.1, 0.15) is 0 Å². The number of halogens is 1. The largest absolute Gasteiger partial charge is 0.381 e. The SMILES string of the molecule is CCN(CC)CCCC(C)NC(=NC)NCC1CCOC1.I. The van der Waals surface area contributed by atoms with Gasteiger partial charge in [-0.1, -0.05) is 13.8 Å². The van der Waals surface area contributed by atoms with Crippen molar-refractivity contribution >= 4 is 29.9 Å². The van der Waals surface area contributed by atoms with Crippen LogP contribution in [0, 0.1) is 5.92 Å². The minimum Gasteiger partial charge on any atom is -0.381 e.